The molecule has 0 aromatic carbocycles. The molecule has 5 heteroatoms. The third-order valence-corrected chi connectivity index (χ3v) is 4.81. The van der Waals surface area contributed by atoms with Gasteiger partial charge in [0.05, 0.1) is 13.0 Å². The molecular weight excluding hydrogens is 284 g/mol. The van der Waals surface area contributed by atoms with Gasteiger partial charge in [0, 0.05) is 31.6 Å². The van der Waals surface area contributed by atoms with E-state index in [4.69, 9.17) is 14.2 Å². The second-order valence-electron chi connectivity index (χ2n) is 6.53. The molecule has 1 unspecified atom stereocenters. The van der Waals surface area contributed by atoms with Crippen LogP contribution in [0.1, 0.15) is 53.4 Å². The second kappa shape index (κ2) is 6.31. The van der Waals surface area contributed by atoms with Crippen LogP contribution in [0.3, 0.4) is 0 Å². The summed E-state index contributed by atoms with van der Waals surface area (Å²) in [7, 11) is 1.39. The normalized spacial score (nSPS) is 32.4. The standard InChI is InChI=1S/C17H26O5/c1-6-14(18)17(4)8-7-12-13(22-17)9-10(2)15(21-12)11(3)16(19)20-5/h10-11,15H,6-9H2,1-5H3/t10-,11+,15-,17?/m0/s1. The molecule has 124 valence electrons. The summed E-state index contributed by atoms with van der Waals surface area (Å²) in [6.45, 7) is 7.57. The Balaban J connectivity index is 2.16. The molecule has 0 N–H and O–H groups in total. The van der Waals surface area contributed by atoms with Crippen molar-refractivity contribution in [2.75, 3.05) is 7.11 Å². The van der Waals surface area contributed by atoms with Crippen LogP contribution in [0.5, 0.6) is 0 Å². The maximum atomic E-state index is 12.1. The summed E-state index contributed by atoms with van der Waals surface area (Å²) in [5.74, 6) is 1.24. The zero-order chi connectivity index (χ0) is 16.5. The average Bonchev–Trinajstić information content (AvgIpc) is 2.51. The Labute approximate surface area is 132 Å². The number of allylic oxidation sites excluding steroid dienone is 2. The lowest BCUT2D eigenvalue weighted by Gasteiger charge is -2.42. The molecule has 0 bridgehead atoms. The largest absolute Gasteiger partial charge is 0.490 e. The lowest BCUT2D eigenvalue weighted by Crippen LogP contribution is -2.44. The molecule has 0 amide bonds. The number of Topliss-reactive ketones (excluding diaryl/α,β-unsaturated/α-hetero) is 1. The van der Waals surface area contributed by atoms with Crippen molar-refractivity contribution in [3.63, 3.8) is 0 Å². The van der Waals surface area contributed by atoms with Gasteiger partial charge in [-0.3, -0.25) is 9.59 Å². The van der Waals surface area contributed by atoms with E-state index in [-0.39, 0.29) is 29.7 Å². The molecule has 22 heavy (non-hydrogen) atoms. The van der Waals surface area contributed by atoms with Gasteiger partial charge in [0.25, 0.3) is 0 Å². The van der Waals surface area contributed by atoms with Crippen molar-refractivity contribution >= 4 is 11.8 Å². The molecule has 0 spiro atoms. The molecular formula is C17H26O5. The number of carbonyl (C=O) groups is 2. The highest BCUT2D eigenvalue weighted by atomic mass is 16.6. The number of esters is 1. The second-order valence-corrected chi connectivity index (χ2v) is 6.53. The van der Waals surface area contributed by atoms with E-state index in [0.717, 1.165) is 11.5 Å². The smallest absolute Gasteiger partial charge is 0.312 e. The Hall–Kier alpha value is -1.52. The summed E-state index contributed by atoms with van der Waals surface area (Å²) >= 11 is 0. The molecule has 2 aliphatic heterocycles. The number of ether oxygens (including phenoxy) is 3. The summed E-state index contributed by atoms with van der Waals surface area (Å²) in [6.07, 6.45) is 2.24. The highest BCUT2D eigenvalue weighted by molar-refractivity contribution is 5.87. The summed E-state index contributed by atoms with van der Waals surface area (Å²) in [6, 6.07) is 0. The molecule has 0 saturated carbocycles. The molecule has 0 saturated heterocycles. The molecule has 2 rings (SSSR count). The Bertz CT molecular complexity index is 495. The van der Waals surface area contributed by atoms with Gasteiger partial charge in [-0.05, 0) is 13.8 Å². The van der Waals surface area contributed by atoms with Crippen molar-refractivity contribution in [3.05, 3.63) is 11.5 Å². The monoisotopic (exact) mass is 310 g/mol. The van der Waals surface area contributed by atoms with Crippen LogP contribution < -0.4 is 0 Å². The number of hydrogen-bond donors (Lipinski definition) is 0. The Morgan fingerprint density at radius 2 is 2.09 bits per heavy atom. The van der Waals surface area contributed by atoms with Crippen molar-refractivity contribution < 1.29 is 23.8 Å². The molecule has 2 heterocycles. The van der Waals surface area contributed by atoms with Gasteiger partial charge in [-0.25, -0.2) is 0 Å². The fraction of sp³-hybridized carbons (Fsp3) is 0.765. The van der Waals surface area contributed by atoms with E-state index in [0.29, 0.717) is 25.7 Å². The Kier molecular flexibility index (Phi) is 4.83. The lowest BCUT2D eigenvalue weighted by atomic mass is 9.84. The summed E-state index contributed by atoms with van der Waals surface area (Å²) in [4.78, 5) is 23.8. The van der Waals surface area contributed by atoms with Crippen LogP contribution in [0.25, 0.3) is 0 Å². The quantitative estimate of drug-likeness (QED) is 0.747. The van der Waals surface area contributed by atoms with Gasteiger partial charge in [-0.1, -0.05) is 13.8 Å². The summed E-state index contributed by atoms with van der Waals surface area (Å²) < 4.78 is 16.9. The van der Waals surface area contributed by atoms with Crippen LogP contribution in [-0.2, 0) is 23.8 Å². The van der Waals surface area contributed by atoms with Gasteiger partial charge in [-0.15, -0.1) is 0 Å². The number of ketones is 1. The summed E-state index contributed by atoms with van der Waals surface area (Å²) in [5.41, 5.74) is -0.739. The van der Waals surface area contributed by atoms with Gasteiger partial charge in [0.2, 0.25) is 0 Å². The van der Waals surface area contributed by atoms with Crippen molar-refractivity contribution in [1.29, 1.82) is 0 Å². The van der Waals surface area contributed by atoms with Crippen molar-refractivity contribution in [3.8, 4) is 0 Å². The third kappa shape index (κ3) is 2.99. The first-order valence-electron chi connectivity index (χ1n) is 8.01. The summed E-state index contributed by atoms with van der Waals surface area (Å²) in [5, 5.41) is 0. The molecule has 5 nitrogen and oxygen atoms in total. The van der Waals surface area contributed by atoms with Crippen molar-refractivity contribution in [2.24, 2.45) is 11.8 Å². The molecule has 4 atom stereocenters. The highest BCUT2D eigenvalue weighted by Crippen LogP contribution is 2.42. The van der Waals surface area contributed by atoms with Crippen molar-refractivity contribution in [1.82, 2.24) is 0 Å². The molecule has 2 aliphatic rings. The van der Waals surface area contributed by atoms with E-state index in [1.807, 2.05) is 27.7 Å². The number of methoxy groups -OCH3 is 1. The number of hydrogen-bond acceptors (Lipinski definition) is 5. The predicted molar refractivity (Wildman–Crippen MR) is 80.9 cm³/mol. The zero-order valence-corrected chi connectivity index (χ0v) is 14.1. The SMILES string of the molecule is CCC(=O)C1(C)CCC2=C(C[C@H](C)[C@@H]([C@@H](C)C(=O)OC)O2)O1. The topological polar surface area (TPSA) is 61.8 Å². The lowest BCUT2D eigenvalue weighted by molar-refractivity contribution is -0.155. The first kappa shape index (κ1) is 16.8. The van der Waals surface area contributed by atoms with Crippen LogP contribution in [0.4, 0.5) is 0 Å². The van der Waals surface area contributed by atoms with Crippen LogP contribution >= 0.6 is 0 Å². The molecule has 0 radical (unpaired) electrons. The van der Waals surface area contributed by atoms with E-state index in [2.05, 4.69) is 0 Å². The van der Waals surface area contributed by atoms with E-state index in [1.54, 1.807) is 0 Å². The molecule has 0 aliphatic carbocycles. The molecule has 0 fully saturated rings. The minimum atomic E-state index is -0.739. The van der Waals surface area contributed by atoms with Crippen LogP contribution in [0.2, 0.25) is 0 Å². The van der Waals surface area contributed by atoms with Gasteiger partial charge in [0.1, 0.15) is 17.6 Å². The molecule has 0 aromatic heterocycles. The van der Waals surface area contributed by atoms with Crippen LogP contribution in [-0.4, -0.2) is 30.6 Å². The first-order valence-corrected chi connectivity index (χ1v) is 8.01. The van der Waals surface area contributed by atoms with E-state index >= 15 is 0 Å². The minimum absolute atomic E-state index is 0.122. The first-order chi connectivity index (χ1) is 10.3. The van der Waals surface area contributed by atoms with Crippen LogP contribution in [0.15, 0.2) is 11.5 Å². The number of carbonyl (C=O) groups excluding carboxylic acids is 2. The van der Waals surface area contributed by atoms with E-state index in [9.17, 15) is 9.59 Å². The van der Waals surface area contributed by atoms with Crippen molar-refractivity contribution in [2.45, 2.75) is 65.1 Å². The predicted octanol–water partition coefficient (Wildman–Crippen LogP) is 2.98. The van der Waals surface area contributed by atoms with E-state index < -0.39 is 5.60 Å². The van der Waals surface area contributed by atoms with Gasteiger partial charge >= 0.3 is 5.97 Å². The Morgan fingerprint density at radius 1 is 1.41 bits per heavy atom. The van der Waals surface area contributed by atoms with Crippen LogP contribution in [0, 0.1) is 11.8 Å². The maximum absolute atomic E-state index is 12.1. The fourth-order valence-electron chi connectivity index (χ4n) is 3.33. The highest BCUT2D eigenvalue weighted by Gasteiger charge is 2.44. The average molecular weight is 310 g/mol. The Morgan fingerprint density at radius 3 is 2.68 bits per heavy atom. The van der Waals surface area contributed by atoms with Gasteiger partial charge in [-0.2, -0.15) is 0 Å². The maximum Gasteiger partial charge on any atom is 0.312 e. The zero-order valence-electron chi connectivity index (χ0n) is 14.1. The van der Waals surface area contributed by atoms with Gasteiger partial charge < -0.3 is 14.2 Å². The van der Waals surface area contributed by atoms with E-state index in [1.165, 1.54) is 7.11 Å². The molecule has 0 aromatic rings. The minimum Gasteiger partial charge on any atom is -0.490 e. The third-order valence-electron chi connectivity index (χ3n) is 4.81. The number of rotatable bonds is 4. The fourth-order valence-corrected chi connectivity index (χ4v) is 3.33. The van der Waals surface area contributed by atoms with Gasteiger partial charge in [0.15, 0.2) is 11.4 Å².